The van der Waals surface area contributed by atoms with Gasteiger partial charge in [0.25, 0.3) is 0 Å². The van der Waals surface area contributed by atoms with E-state index in [1.807, 2.05) is 0 Å². The lowest BCUT2D eigenvalue weighted by atomic mass is 9.85. The van der Waals surface area contributed by atoms with Crippen molar-refractivity contribution in [3.05, 3.63) is 0 Å². The topological polar surface area (TPSA) is 9.23 Å². The second kappa shape index (κ2) is 9.13. The van der Waals surface area contributed by atoms with Crippen LogP contribution in [-0.4, -0.2) is 74.6 Å². The van der Waals surface area contributed by atoms with E-state index in [4.69, 9.17) is 0 Å². The van der Waals surface area contributed by atoms with Gasteiger partial charge in [-0.15, -0.1) is 0 Å². The van der Waals surface area contributed by atoms with Crippen LogP contribution < -0.4 is 0 Å². The van der Waals surface area contributed by atoms with Crippen LogP contribution in [-0.2, 0) is 4.43 Å². The molecule has 1 unspecified atom stereocenters. The van der Waals surface area contributed by atoms with Gasteiger partial charge in [0.05, 0.1) is 0 Å². The van der Waals surface area contributed by atoms with Gasteiger partial charge in [0.15, 0.2) is 9.04 Å². The van der Waals surface area contributed by atoms with Gasteiger partial charge in [-0.2, -0.15) is 92.2 Å². The van der Waals surface area contributed by atoms with Crippen molar-refractivity contribution in [3.63, 3.8) is 0 Å². The van der Waals surface area contributed by atoms with E-state index in [1.54, 1.807) is 0 Å². The molecule has 0 rings (SSSR count). The first kappa shape index (κ1) is 35.7. The summed E-state index contributed by atoms with van der Waals surface area (Å²) in [6.45, 7) is 1.49. The molecule has 0 aliphatic carbocycles. The molecule has 0 fully saturated rings. The fourth-order valence-corrected chi connectivity index (χ4v) is 3.31. The molecular weight excluding hydrogens is 611 g/mol. The summed E-state index contributed by atoms with van der Waals surface area (Å²) in [6.07, 6.45) is -11.6. The molecule has 0 heterocycles. The highest BCUT2D eigenvalue weighted by Crippen LogP contribution is 2.66. The molecule has 0 aromatic rings. The van der Waals surface area contributed by atoms with E-state index in [0.717, 1.165) is 13.1 Å². The Labute approximate surface area is 192 Å². The molecule has 0 bridgehead atoms. The van der Waals surface area contributed by atoms with Crippen molar-refractivity contribution < 1.29 is 96.6 Å². The molecule has 0 radical (unpaired) electrons. The van der Waals surface area contributed by atoms with E-state index in [1.165, 1.54) is 0 Å². The van der Waals surface area contributed by atoms with Gasteiger partial charge in [-0.3, -0.25) is 0 Å². The van der Waals surface area contributed by atoms with Crippen LogP contribution >= 0.6 is 0 Å². The van der Waals surface area contributed by atoms with E-state index in [0.29, 0.717) is 0 Å². The minimum absolute atomic E-state index is 0.240. The summed E-state index contributed by atoms with van der Waals surface area (Å²) in [4.78, 5) is 0. The van der Waals surface area contributed by atoms with Gasteiger partial charge < -0.3 is 4.43 Å². The molecule has 23 heteroatoms. The zero-order valence-electron chi connectivity index (χ0n) is 17.5. The van der Waals surface area contributed by atoms with E-state index in [9.17, 15) is 92.2 Å². The van der Waals surface area contributed by atoms with Crippen LogP contribution in [0.4, 0.5) is 92.2 Å². The second-order valence-electron chi connectivity index (χ2n) is 7.54. The maximum atomic E-state index is 13.8. The number of hydrogen-bond donors (Lipinski definition) is 0. The van der Waals surface area contributed by atoms with Crippen molar-refractivity contribution in [2.75, 3.05) is 0 Å². The molecule has 0 saturated heterocycles. The van der Waals surface area contributed by atoms with Gasteiger partial charge in [0, 0.05) is 0 Å². The Hall–Kier alpha value is -1.29. The first-order chi connectivity index (χ1) is 15.6. The summed E-state index contributed by atoms with van der Waals surface area (Å²) in [5.74, 6) is -76.9. The summed E-state index contributed by atoms with van der Waals surface area (Å²) >= 11 is 0. The Morgan fingerprint density at radius 3 is 0.838 bits per heavy atom. The summed E-state index contributed by atoms with van der Waals surface area (Å²) in [5.41, 5.74) is 0. The maximum Gasteiger partial charge on any atom is 0.460 e. The normalized spacial score (nSPS) is 17.4. The number of rotatable bonds is 11. The average molecular weight is 622 g/mol. The Kier molecular flexibility index (Phi) is 8.81. The molecule has 0 amide bonds. The van der Waals surface area contributed by atoms with Gasteiger partial charge in [0.1, 0.15) is 6.10 Å². The van der Waals surface area contributed by atoms with Crippen molar-refractivity contribution in [3.8, 4) is 0 Å². The molecular formula is C14H11F21OSi. The number of hydrogen-bond acceptors (Lipinski definition) is 1. The van der Waals surface area contributed by atoms with E-state index in [-0.39, 0.29) is 6.92 Å². The zero-order valence-corrected chi connectivity index (χ0v) is 18.7. The first-order valence-electron chi connectivity index (χ1n) is 8.71. The summed E-state index contributed by atoms with van der Waals surface area (Å²) < 4.78 is 282. The molecule has 0 aliphatic heterocycles. The monoisotopic (exact) mass is 622 g/mol. The molecule has 0 aromatic carbocycles. The third-order valence-corrected chi connectivity index (χ3v) is 5.47. The summed E-state index contributed by atoms with van der Waals surface area (Å²) in [5, 5.41) is 0. The number of alkyl halides is 21. The summed E-state index contributed by atoms with van der Waals surface area (Å²) in [6, 6.07) is 0. The fourth-order valence-electron chi connectivity index (χ4n) is 2.32. The van der Waals surface area contributed by atoms with Crippen LogP contribution in [0, 0.1) is 0 Å². The Balaban J connectivity index is 7.06. The Morgan fingerprint density at radius 2 is 0.622 bits per heavy atom. The highest BCUT2D eigenvalue weighted by molar-refractivity contribution is 6.48. The Morgan fingerprint density at radius 1 is 0.405 bits per heavy atom. The molecule has 224 valence electrons. The fraction of sp³-hybridized carbons (Fsp3) is 1.00. The van der Waals surface area contributed by atoms with Crippen LogP contribution in [0.25, 0.3) is 0 Å². The molecule has 1 nitrogen and oxygen atoms in total. The number of halogens is 21. The van der Waals surface area contributed by atoms with E-state index < -0.39 is 74.6 Å². The molecule has 37 heavy (non-hydrogen) atoms. The van der Waals surface area contributed by atoms with Crippen molar-refractivity contribution in [1.29, 1.82) is 0 Å². The standard InChI is InChI=1S/C14H11F21OSi/c1-4(36-37(2)3)5(15,16)6(17,18)7(19,20)8(21,22)9(23,24)10(25,26)11(27,28)12(29,30)13(31,32)14(33,34)35/h4,37H,1-3H3. The van der Waals surface area contributed by atoms with Gasteiger partial charge in [0.2, 0.25) is 0 Å². The molecule has 0 saturated carbocycles. The van der Waals surface area contributed by atoms with Gasteiger partial charge >= 0.3 is 59.5 Å². The SMILES string of the molecule is CC(O[SiH](C)C)C(F)(F)C(F)(F)C(F)(F)C(F)(F)C(F)(F)C(F)(F)C(F)(F)C(F)(F)C(F)(F)C(F)(F)F. The maximum absolute atomic E-state index is 13.8. The van der Waals surface area contributed by atoms with Crippen LogP contribution in [0.15, 0.2) is 0 Å². The molecule has 0 N–H and O–H groups in total. The van der Waals surface area contributed by atoms with Crippen LogP contribution in [0.5, 0.6) is 0 Å². The lowest BCUT2D eigenvalue weighted by Gasteiger charge is -2.45. The highest BCUT2D eigenvalue weighted by Gasteiger charge is 2.98. The second-order valence-corrected chi connectivity index (χ2v) is 9.91. The van der Waals surface area contributed by atoms with Gasteiger partial charge in [-0.25, -0.2) is 0 Å². The van der Waals surface area contributed by atoms with Crippen molar-refractivity contribution >= 4 is 9.04 Å². The van der Waals surface area contributed by atoms with Crippen molar-refractivity contribution in [2.45, 2.75) is 85.6 Å². The third-order valence-electron chi connectivity index (χ3n) is 4.52. The minimum Gasteiger partial charge on any atom is -0.412 e. The highest BCUT2D eigenvalue weighted by atomic mass is 28.3. The van der Waals surface area contributed by atoms with Gasteiger partial charge in [-0.1, -0.05) is 0 Å². The smallest absolute Gasteiger partial charge is 0.412 e. The molecule has 0 aliphatic rings. The van der Waals surface area contributed by atoms with E-state index in [2.05, 4.69) is 4.43 Å². The van der Waals surface area contributed by atoms with E-state index >= 15 is 0 Å². The largest absolute Gasteiger partial charge is 0.460 e. The van der Waals surface area contributed by atoms with Crippen LogP contribution in [0.1, 0.15) is 6.92 Å². The molecule has 1 atom stereocenters. The lowest BCUT2D eigenvalue weighted by Crippen LogP contribution is -2.77. The minimum atomic E-state index is -9.16. The van der Waals surface area contributed by atoms with Crippen LogP contribution in [0.3, 0.4) is 0 Å². The summed E-state index contributed by atoms with van der Waals surface area (Å²) in [7, 11) is -2.99. The lowest BCUT2D eigenvalue weighted by molar-refractivity contribution is -0.475. The predicted octanol–water partition coefficient (Wildman–Crippen LogP) is 7.65. The predicted molar refractivity (Wildman–Crippen MR) is 80.0 cm³/mol. The Bertz CT molecular complexity index is 813. The van der Waals surface area contributed by atoms with Crippen LogP contribution in [0.2, 0.25) is 13.1 Å². The van der Waals surface area contributed by atoms with Crippen molar-refractivity contribution in [2.24, 2.45) is 0 Å². The molecule has 0 spiro atoms. The van der Waals surface area contributed by atoms with Crippen molar-refractivity contribution in [1.82, 2.24) is 0 Å². The third kappa shape index (κ3) is 4.61. The quantitative estimate of drug-likeness (QED) is 0.170. The first-order valence-corrected chi connectivity index (χ1v) is 11.5. The molecule has 0 aromatic heterocycles. The van der Waals surface area contributed by atoms with Gasteiger partial charge in [-0.05, 0) is 20.0 Å². The average Bonchev–Trinajstić information content (AvgIpc) is 2.65. The zero-order chi connectivity index (χ0) is 30.9.